The first-order valence-corrected chi connectivity index (χ1v) is 7.42. The van der Waals surface area contributed by atoms with Gasteiger partial charge in [0.05, 0.1) is 11.7 Å². The predicted molar refractivity (Wildman–Crippen MR) is 75.6 cm³/mol. The fourth-order valence-electron chi connectivity index (χ4n) is 2.72. The Hall–Kier alpha value is -0.830. The van der Waals surface area contributed by atoms with Crippen LogP contribution in [0.5, 0.6) is 0 Å². The molecule has 0 atom stereocenters. The van der Waals surface area contributed by atoms with Crippen LogP contribution in [-0.4, -0.2) is 16.3 Å². The molecule has 0 aromatic carbocycles. The Labute approximate surface area is 111 Å². The minimum absolute atomic E-state index is 0.649. The van der Waals surface area contributed by atoms with E-state index in [-0.39, 0.29) is 0 Å². The van der Waals surface area contributed by atoms with E-state index >= 15 is 0 Å². The van der Waals surface area contributed by atoms with E-state index in [4.69, 9.17) is 5.10 Å². The van der Waals surface area contributed by atoms with Gasteiger partial charge in [0.25, 0.3) is 0 Å². The van der Waals surface area contributed by atoms with E-state index in [0.29, 0.717) is 12.0 Å². The lowest BCUT2D eigenvalue weighted by Gasteiger charge is -2.21. The maximum Gasteiger partial charge on any atom is 0.0638 e. The van der Waals surface area contributed by atoms with Crippen LogP contribution in [0.4, 0.5) is 0 Å². The molecular weight excluding hydrogens is 222 g/mol. The van der Waals surface area contributed by atoms with Crippen LogP contribution in [0.15, 0.2) is 6.20 Å². The molecule has 2 rings (SSSR count). The predicted octanol–water partition coefficient (Wildman–Crippen LogP) is 3.44. The van der Waals surface area contributed by atoms with Crippen molar-refractivity contribution in [2.24, 2.45) is 5.92 Å². The minimum Gasteiger partial charge on any atom is -0.312 e. The highest BCUT2D eigenvalue weighted by Crippen LogP contribution is 2.28. The van der Waals surface area contributed by atoms with Crippen molar-refractivity contribution in [1.29, 1.82) is 0 Å². The number of nitrogens with zero attached hydrogens (tertiary/aromatic N) is 2. The Morgan fingerprint density at radius 2 is 2.06 bits per heavy atom. The van der Waals surface area contributed by atoms with Crippen LogP contribution >= 0.6 is 0 Å². The summed E-state index contributed by atoms with van der Waals surface area (Å²) in [6, 6.07) is 0.649. The molecule has 102 valence electrons. The number of nitrogens with one attached hydrogen (secondary N) is 1. The molecule has 0 aliphatic heterocycles. The van der Waals surface area contributed by atoms with Gasteiger partial charge < -0.3 is 5.32 Å². The second kappa shape index (κ2) is 6.37. The Morgan fingerprint density at radius 1 is 1.33 bits per heavy atom. The molecule has 0 saturated heterocycles. The first-order valence-electron chi connectivity index (χ1n) is 7.42. The second-order valence-electron chi connectivity index (χ2n) is 6.04. The van der Waals surface area contributed by atoms with Crippen LogP contribution in [0.25, 0.3) is 0 Å². The summed E-state index contributed by atoms with van der Waals surface area (Å²) in [5.41, 5.74) is 2.55. The van der Waals surface area contributed by atoms with Gasteiger partial charge in [-0.05, 0) is 32.2 Å². The molecule has 1 saturated carbocycles. The topological polar surface area (TPSA) is 29.9 Å². The molecule has 0 unspecified atom stereocenters. The van der Waals surface area contributed by atoms with Crippen molar-refractivity contribution in [3.05, 3.63) is 17.5 Å². The number of aryl methyl sites for hydroxylation is 1. The zero-order valence-corrected chi connectivity index (χ0v) is 12.1. The number of rotatable bonds is 5. The summed E-state index contributed by atoms with van der Waals surface area (Å²) in [7, 11) is 0. The standard InChI is InChI=1S/C15H27N3/c1-12(2)9-16-10-14-11-18(17-13(14)3)15-7-5-4-6-8-15/h11-12,15-16H,4-10H2,1-3H3. The van der Waals surface area contributed by atoms with E-state index < -0.39 is 0 Å². The Kier molecular flexibility index (Phi) is 4.81. The maximum absolute atomic E-state index is 4.71. The van der Waals surface area contributed by atoms with Crippen LogP contribution < -0.4 is 5.32 Å². The summed E-state index contributed by atoms with van der Waals surface area (Å²) in [6.45, 7) is 8.65. The van der Waals surface area contributed by atoms with Gasteiger partial charge in [-0.25, -0.2) is 0 Å². The average Bonchev–Trinajstić information content (AvgIpc) is 2.72. The first-order chi connectivity index (χ1) is 8.66. The molecule has 0 amide bonds. The van der Waals surface area contributed by atoms with Crippen molar-refractivity contribution in [2.75, 3.05) is 6.54 Å². The smallest absolute Gasteiger partial charge is 0.0638 e. The molecule has 1 aromatic heterocycles. The van der Waals surface area contributed by atoms with E-state index in [2.05, 4.69) is 37.0 Å². The first kappa shape index (κ1) is 13.6. The zero-order valence-electron chi connectivity index (χ0n) is 12.1. The Balaban J connectivity index is 1.93. The van der Waals surface area contributed by atoms with Gasteiger partial charge in [0.2, 0.25) is 0 Å². The van der Waals surface area contributed by atoms with Crippen LogP contribution in [0.3, 0.4) is 0 Å². The van der Waals surface area contributed by atoms with Gasteiger partial charge in [-0.2, -0.15) is 5.10 Å². The third-order valence-electron chi connectivity index (χ3n) is 3.84. The van der Waals surface area contributed by atoms with Gasteiger partial charge in [0.1, 0.15) is 0 Å². The molecule has 1 N–H and O–H groups in total. The molecule has 0 radical (unpaired) electrons. The highest BCUT2D eigenvalue weighted by atomic mass is 15.3. The summed E-state index contributed by atoms with van der Waals surface area (Å²) >= 11 is 0. The Bertz CT molecular complexity index is 362. The van der Waals surface area contributed by atoms with Crippen molar-refractivity contribution in [3.63, 3.8) is 0 Å². The summed E-state index contributed by atoms with van der Waals surface area (Å²) < 4.78 is 2.22. The van der Waals surface area contributed by atoms with E-state index in [1.807, 2.05) is 0 Å². The van der Waals surface area contributed by atoms with Crippen molar-refractivity contribution >= 4 is 0 Å². The zero-order chi connectivity index (χ0) is 13.0. The van der Waals surface area contributed by atoms with Gasteiger partial charge in [-0.15, -0.1) is 0 Å². The fraction of sp³-hybridized carbons (Fsp3) is 0.800. The van der Waals surface area contributed by atoms with E-state index in [0.717, 1.165) is 13.1 Å². The van der Waals surface area contributed by atoms with E-state index in [9.17, 15) is 0 Å². The van der Waals surface area contributed by atoms with Crippen LogP contribution in [-0.2, 0) is 6.54 Å². The van der Waals surface area contributed by atoms with Crippen LogP contribution in [0, 0.1) is 12.8 Å². The number of hydrogen-bond acceptors (Lipinski definition) is 2. The normalized spacial score (nSPS) is 17.6. The lowest BCUT2D eigenvalue weighted by Crippen LogP contribution is -2.19. The van der Waals surface area contributed by atoms with Gasteiger partial charge in [-0.3, -0.25) is 4.68 Å². The fourth-order valence-corrected chi connectivity index (χ4v) is 2.72. The third kappa shape index (κ3) is 3.58. The summed E-state index contributed by atoms with van der Waals surface area (Å²) in [6.07, 6.45) is 9.01. The van der Waals surface area contributed by atoms with Gasteiger partial charge in [0, 0.05) is 18.3 Å². The third-order valence-corrected chi connectivity index (χ3v) is 3.84. The molecule has 18 heavy (non-hydrogen) atoms. The van der Waals surface area contributed by atoms with Crippen LogP contribution in [0.2, 0.25) is 0 Å². The number of aromatic nitrogens is 2. The Morgan fingerprint density at radius 3 is 2.72 bits per heavy atom. The van der Waals surface area contributed by atoms with Crippen LogP contribution in [0.1, 0.15) is 63.3 Å². The SMILES string of the molecule is Cc1nn(C2CCCCC2)cc1CNCC(C)C. The summed E-state index contributed by atoms with van der Waals surface area (Å²) in [4.78, 5) is 0. The molecular formula is C15H27N3. The van der Waals surface area contributed by atoms with Crippen molar-refractivity contribution in [1.82, 2.24) is 15.1 Å². The molecule has 3 heteroatoms. The van der Waals surface area contributed by atoms with Gasteiger partial charge in [-0.1, -0.05) is 33.1 Å². The van der Waals surface area contributed by atoms with Gasteiger partial charge in [0.15, 0.2) is 0 Å². The molecule has 0 spiro atoms. The molecule has 0 bridgehead atoms. The second-order valence-corrected chi connectivity index (χ2v) is 6.04. The molecule has 1 fully saturated rings. The lowest BCUT2D eigenvalue weighted by molar-refractivity contribution is 0.328. The van der Waals surface area contributed by atoms with Crippen molar-refractivity contribution < 1.29 is 0 Å². The number of hydrogen-bond donors (Lipinski definition) is 1. The van der Waals surface area contributed by atoms with Gasteiger partial charge >= 0.3 is 0 Å². The van der Waals surface area contributed by atoms with Crippen molar-refractivity contribution in [3.8, 4) is 0 Å². The highest BCUT2D eigenvalue weighted by molar-refractivity contribution is 5.15. The van der Waals surface area contributed by atoms with E-state index in [1.54, 1.807) is 0 Å². The maximum atomic E-state index is 4.71. The minimum atomic E-state index is 0.649. The lowest BCUT2D eigenvalue weighted by atomic mass is 9.96. The van der Waals surface area contributed by atoms with Crippen molar-refractivity contribution in [2.45, 2.75) is 65.5 Å². The summed E-state index contributed by atoms with van der Waals surface area (Å²) in [5, 5.41) is 8.21. The molecule has 1 aliphatic carbocycles. The molecule has 1 aliphatic rings. The highest BCUT2D eigenvalue weighted by Gasteiger charge is 2.17. The monoisotopic (exact) mass is 249 g/mol. The average molecular weight is 249 g/mol. The molecule has 1 aromatic rings. The summed E-state index contributed by atoms with van der Waals surface area (Å²) in [5.74, 6) is 0.707. The quantitative estimate of drug-likeness (QED) is 0.866. The molecule has 1 heterocycles. The molecule has 3 nitrogen and oxygen atoms in total. The largest absolute Gasteiger partial charge is 0.312 e. The van der Waals surface area contributed by atoms with E-state index in [1.165, 1.54) is 43.4 Å².